The molecule has 0 fully saturated rings. The second-order valence-corrected chi connectivity index (χ2v) is 5.91. The number of anilines is 2. The molecule has 22 heavy (non-hydrogen) atoms. The van der Waals surface area contributed by atoms with Crippen LogP contribution in [0.15, 0.2) is 36.4 Å². The van der Waals surface area contributed by atoms with Gasteiger partial charge in [0.05, 0.1) is 23.6 Å². The van der Waals surface area contributed by atoms with Crippen LogP contribution in [-0.2, 0) is 22.4 Å². The molecule has 6 heteroatoms. The van der Waals surface area contributed by atoms with Gasteiger partial charge in [0, 0.05) is 10.7 Å². The Morgan fingerprint density at radius 3 is 2.77 bits per heavy atom. The molecule has 0 saturated carbocycles. The first kappa shape index (κ1) is 14.9. The fourth-order valence-electron chi connectivity index (χ4n) is 2.36. The summed E-state index contributed by atoms with van der Waals surface area (Å²) in [5.74, 6) is -0.203. The highest BCUT2D eigenvalue weighted by atomic mass is 35.5. The summed E-state index contributed by atoms with van der Waals surface area (Å²) in [7, 11) is 0. The van der Waals surface area contributed by atoms with Gasteiger partial charge in [-0.15, -0.1) is 0 Å². The molecule has 1 aliphatic rings. The van der Waals surface area contributed by atoms with Gasteiger partial charge in [0.25, 0.3) is 0 Å². The van der Waals surface area contributed by atoms with Crippen LogP contribution in [0.2, 0.25) is 10.0 Å². The Hall–Kier alpha value is -2.04. The van der Waals surface area contributed by atoms with Crippen molar-refractivity contribution in [2.45, 2.75) is 12.8 Å². The highest BCUT2D eigenvalue weighted by molar-refractivity contribution is 6.36. The lowest BCUT2D eigenvalue weighted by Crippen LogP contribution is -2.14. The van der Waals surface area contributed by atoms with Crippen LogP contribution in [0.25, 0.3) is 0 Å². The van der Waals surface area contributed by atoms with E-state index in [9.17, 15) is 9.59 Å². The first-order chi connectivity index (χ1) is 10.5. The lowest BCUT2D eigenvalue weighted by atomic mass is 10.1. The number of nitrogens with one attached hydrogen (secondary N) is 2. The second-order valence-electron chi connectivity index (χ2n) is 5.07. The zero-order valence-corrected chi connectivity index (χ0v) is 13.0. The van der Waals surface area contributed by atoms with Gasteiger partial charge >= 0.3 is 0 Å². The third-order valence-electron chi connectivity index (χ3n) is 3.36. The number of amides is 2. The van der Waals surface area contributed by atoms with Crippen LogP contribution >= 0.6 is 23.2 Å². The normalized spacial score (nSPS) is 12.7. The summed E-state index contributed by atoms with van der Waals surface area (Å²) in [6, 6.07) is 10.4. The third-order valence-corrected chi connectivity index (χ3v) is 3.91. The summed E-state index contributed by atoms with van der Waals surface area (Å²) in [6.45, 7) is 0. The lowest BCUT2D eigenvalue weighted by molar-refractivity contribution is -0.116. The molecule has 1 heterocycles. The van der Waals surface area contributed by atoms with Crippen LogP contribution in [0, 0.1) is 0 Å². The van der Waals surface area contributed by atoms with E-state index < -0.39 is 0 Å². The van der Waals surface area contributed by atoms with Crippen molar-refractivity contribution in [3.63, 3.8) is 0 Å². The fraction of sp³-hybridized carbons (Fsp3) is 0.125. The minimum atomic E-state index is -0.179. The molecule has 3 rings (SSSR count). The van der Waals surface area contributed by atoms with Crippen LogP contribution in [-0.4, -0.2) is 11.8 Å². The molecule has 0 spiro atoms. The number of halogens is 2. The number of fused-ring (bicyclic) bond motifs is 1. The van der Waals surface area contributed by atoms with Crippen molar-refractivity contribution in [2.75, 3.05) is 10.6 Å². The Kier molecular flexibility index (Phi) is 4.05. The molecule has 2 amide bonds. The Morgan fingerprint density at radius 1 is 1.18 bits per heavy atom. The smallest absolute Gasteiger partial charge is 0.228 e. The number of hydrogen-bond acceptors (Lipinski definition) is 2. The SMILES string of the molecule is O=C(Cc1ccc2c(c1)CC(=O)N2)Nc1ccc(Cl)cc1Cl. The first-order valence-corrected chi connectivity index (χ1v) is 7.43. The van der Waals surface area contributed by atoms with Crippen molar-refractivity contribution < 1.29 is 9.59 Å². The van der Waals surface area contributed by atoms with Crippen molar-refractivity contribution >= 4 is 46.4 Å². The van der Waals surface area contributed by atoms with Crippen molar-refractivity contribution in [1.82, 2.24) is 0 Å². The predicted octanol–water partition coefficient (Wildman–Crippen LogP) is 3.67. The van der Waals surface area contributed by atoms with Gasteiger partial charge in [-0.05, 0) is 35.4 Å². The van der Waals surface area contributed by atoms with Gasteiger partial charge in [-0.2, -0.15) is 0 Å². The molecule has 112 valence electrons. The Morgan fingerprint density at radius 2 is 2.00 bits per heavy atom. The van der Waals surface area contributed by atoms with Crippen molar-refractivity contribution in [1.29, 1.82) is 0 Å². The second kappa shape index (κ2) is 5.99. The largest absolute Gasteiger partial charge is 0.326 e. The molecule has 4 nitrogen and oxygen atoms in total. The zero-order valence-electron chi connectivity index (χ0n) is 11.5. The van der Waals surface area contributed by atoms with Crippen LogP contribution in [0.1, 0.15) is 11.1 Å². The van der Waals surface area contributed by atoms with E-state index in [2.05, 4.69) is 10.6 Å². The molecule has 2 aromatic rings. The maximum absolute atomic E-state index is 12.1. The molecular formula is C16H12Cl2N2O2. The van der Waals surface area contributed by atoms with E-state index >= 15 is 0 Å². The maximum atomic E-state index is 12.1. The fourth-order valence-corrected chi connectivity index (χ4v) is 2.82. The average molecular weight is 335 g/mol. The molecule has 0 unspecified atom stereocenters. The van der Waals surface area contributed by atoms with E-state index in [1.165, 1.54) is 0 Å². The summed E-state index contributed by atoms with van der Waals surface area (Å²) in [5, 5.41) is 6.42. The van der Waals surface area contributed by atoms with Crippen LogP contribution in [0.5, 0.6) is 0 Å². The van der Waals surface area contributed by atoms with Gasteiger partial charge in [0.15, 0.2) is 0 Å². The summed E-state index contributed by atoms with van der Waals surface area (Å²) < 4.78 is 0. The molecule has 1 aliphatic heterocycles. The van der Waals surface area contributed by atoms with E-state index in [1.807, 2.05) is 18.2 Å². The zero-order chi connectivity index (χ0) is 15.7. The Labute approximate surface area is 137 Å². The molecule has 0 aliphatic carbocycles. The lowest BCUT2D eigenvalue weighted by Gasteiger charge is -2.08. The minimum Gasteiger partial charge on any atom is -0.326 e. The van der Waals surface area contributed by atoms with E-state index in [0.717, 1.165) is 16.8 Å². The number of carbonyl (C=O) groups is 2. The highest BCUT2D eigenvalue weighted by Gasteiger charge is 2.18. The molecule has 2 aromatic carbocycles. The van der Waals surface area contributed by atoms with E-state index in [4.69, 9.17) is 23.2 Å². The molecule has 0 bridgehead atoms. The average Bonchev–Trinajstić information content (AvgIpc) is 2.81. The molecule has 0 radical (unpaired) electrons. The number of carbonyl (C=O) groups excluding carboxylic acids is 2. The standard InChI is InChI=1S/C16H12Cl2N2O2/c17-11-2-4-14(12(18)8-11)20-15(21)6-9-1-3-13-10(5-9)7-16(22)19-13/h1-5,8H,6-7H2,(H,19,22)(H,20,21). The monoisotopic (exact) mass is 334 g/mol. The summed E-state index contributed by atoms with van der Waals surface area (Å²) in [5.41, 5.74) is 3.10. The van der Waals surface area contributed by atoms with Crippen LogP contribution < -0.4 is 10.6 Å². The molecule has 0 saturated heterocycles. The molecular weight excluding hydrogens is 323 g/mol. The molecule has 0 atom stereocenters. The van der Waals surface area contributed by atoms with Crippen LogP contribution in [0.3, 0.4) is 0 Å². The van der Waals surface area contributed by atoms with Crippen LogP contribution in [0.4, 0.5) is 11.4 Å². The topological polar surface area (TPSA) is 58.2 Å². The van der Waals surface area contributed by atoms with Gasteiger partial charge in [0.2, 0.25) is 11.8 Å². The maximum Gasteiger partial charge on any atom is 0.228 e. The van der Waals surface area contributed by atoms with Gasteiger partial charge in [0.1, 0.15) is 0 Å². The summed E-state index contributed by atoms with van der Waals surface area (Å²) in [4.78, 5) is 23.4. The summed E-state index contributed by atoms with van der Waals surface area (Å²) in [6.07, 6.45) is 0.564. The molecule has 0 aromatic heterocycles. The number of rotatable bonds is 3. The van der Waals surface area contributed by atoms with E-state index in [0.29, 0.717) is 22.2 Å². The van der Waals surface area contributed by atoms with Crippen molar-refractivity contribution in [3.05, 3.63) is 57.6 Å². The van der Waals surface area contributed by atoms with Crippen molar-refractivity contribution in [3.8, 4) is 0 Å². The molecule has 2 N–H and O–H groups in total. The third kappa shape index (κ3) is 3.24. The van der Waals surface area contributed by atoms with Crippen molar-refractivity contribution in [2.24, 2.45) is 0 Å². The Balaban J connectivity index is 1.70. The van der Waals surface area contributed by atoms with E-state index in [1.54, 1.807) is 18.2 Å². The summed E-state index contributed by atoms with van der Waals surface area (Å²) >= 11 is 11.8. The Bertz CT molecular complexity index is 775. The predicted molar refractivity (Wildman–Crippen MR) is 87.6 cm³/mol. The minimum absolute atomic E-state index is 0.0236. The first-order valence-electron chi connectivity index (χ1n) is 6.68. The van der Waals surface area contributed by atoms with Gasteiger partial charge < -0.3 is 10.6 Å². The van der Waals surface area contributed by atoms with Gasteiger partial charge in [-0.3, -0.25) is 9.59 Å². The number of hydrogen-bond donors (Lipinski definition) is 2. The van der Waals surface area contributed by atoms with E-state index in [-0.39, 0.29) is 18.2 Å². The quantitative estimate of drug-likeness (QED) is 0.899. The van der Waals surface area contributed by atoms with Gasteiger partial charge in [-0.1, -0.05) is 35.3 Å². The number of benzene rings is 2. The highest BCUT2D eigenvalue weighted by Crippen LogP contribution is 2.26. The van der Waals surface area contributed by atoms with Gasteiger partial charge in [-0.25, -0.2) is 0 Å².